The number of amides is 2. The molecule has 1 fully saturated rings. The molecule has 150 valence electrons. The molecule has 1 aromatic carbocycles. The molecular formula is C19H26F3N3O2. The third-order valence-corrected chi connectivity index (χ3v) is 4.56. The second kappa shape index (κ2) is 8.73. The van der Waals surface area contributed by atoms with E-state index < -0.39 is 23.7 Å². The van der Waals surface area contributed by atoms with Crippen LogP contribution in [0.1, 0.15) is 50.7 Å². The standard InChI is InChI=1S/C19H26F3N3O2/c1-12(2)7-16(25-6-4-3-5-17(25)26)18(27)24-15-9-13(11-23)8-14(10-15)19(20,21)22/h8-10,12,16H,3-7,11,23H2,1-2H3,(H,24,27). The van der Waals surface area contributed by atoms with Gasteiger partial charge in [0.25, 0.3) is 0 Å². The number of piperidine rings is 1. The first kappa shape index (κ1) is 21.2. The fraction of sp³-hybridized carbons (Fsp3) is 0.579. The second-order valence-corrected chi connectivity index (χ2v) is 7.30. The lowest BCUT2D eigenvalue weighted by Crippen LogP contribution is -2.50. The fourth-order valence-electron chi connectivity index (χ4n) is 3.25. The molecular weight excluding hydrogens is 359 g/mol. The normalized spacial score (nSPS) is 16.6. The van der Waals surface area contributed by atoms with Gasteiger partial charge in [-0.2, -0.15) is 13.2 Å². The van der Waals surface area contributed by atoms with Crippen LogP contribution in [0.15, 0.2) is 18.2 Å². The van der Waals surface area contributed by atoms with Crippen LogP contribution in [-0.4, -0.2) is 29.3 Å². The number of likely N-dealkylation sites (tertiary alicyclic amines) is 1. The summed E-state index contributed by atoms with van der Waals surface area (Å²) in [4.78, 5) is 26.6. The lowest BCUT2D eigenvalue weighted by Gasteiger charge is -2.34. The van der Waals surface area contributed by atoms with Crippen molar-refractivity contribution in [3.63, 3.8) is 0 Å². The molecule has 0 bridgehead atoms. The summed E-state index contributed by atoms with van der Waals surface area (Å²) in [6, 6.07) is 2.59. The van der Waals surface area contributed by atoms with Crippen LogP contribution in [0.4, 0.5) is 18.9 Å². The number of benzene rings is 1. The van der Waals surface area contributed by atoms with Crippen LogP contribution in [0.3, 0.4) is 0 Å². The Morgan fingerprint density at radius 1 is 1.26 bits per heavy atom. The molecule has 0 radical (unpaired) electrons. The topological polar surface area (TPSA) is 75.4 Å². The summed E-state index contributed by atoms with van der Waals surface area (Å²) < 4.78 is 39.3. The summed E-state index contributed by atoms with van der Waals surface area (Å²) in [7, 11) is 0. The zero-order valence-electron chi connectivity index (χ0n) is 15.6. The summed E-state index contributed by atoms with van der Waals surface area (Å²) in [6.45, 7) is 4.28. The summed E-state index contributed by atoms with van der Waals surface area (Å²) in [5, 5.41) is 2.56. The van der Waals surface area contributed by atoms with Gasteiger partial charge in [-0.15, -0.1) is 0 Å². The van der Waals surface area contributed by atoms with Gasteiger partial charge in [0.05, 0.1) is 5.56 Å². The van der Waals surface area contributed by atoms with Crippen LogP contribution < -0.4 is 11.1 Å². The lowest BCUT2D eigenvalue weighted by atomic mass is 9.98. The third-order valence-electron chi connectivity index (χ3n) is 4.56. The van der Waals surface area contributed by atoms with Crippen LogP contribution in [0.25, 0.3) is 0 Å². The number of nitrogens with zero attached hydrogens (tertiary/aromatic N) is 1. The largest absolute Gasteiger partial charge is 0.416 e. The van der Waals surface area contributed by atoms with E-state index in [9.17, 15) is 22.8 Å². The van der Waals surface area contributed by atoms with Crippen molar-refractivity contribution in [2.45, 2.75) is 58.3 Å². The van der Waals surface area contributed by atoms with Crippen molar-refractivity contribution in [3.05, 3.63) is 29.3 Å². The quantitative estimate of drug-likeness (QED) is 0.787. The Morgan fingerprint density at radius 3 is 2.52 bits per heavy atom. The second-order valence-electron chi connectivity index (χ2n) is 7.30. The predicted octanol–water partition coefficient (Wildman–Crippen LogP) is 3.53. The van der Waals surface area contributed by atoms with Gasteiger partial charge in [-0.1, -0.05) is 13.8 Å². The number of halogens is 3. The highest BCUT2D eigenvalue weighted by Gasteiger charge is 2.33. The summed E-state index contributed by atoms with van der Waals surface area (Å²) in [5.41, 5.74) is 4.93. The van der Waals surface area contributed by atoms with E-state index in [0.29, 0.717) is 19.4 Å². The van der Waals surface area contributed by atoms with E-state index in [-0.39, 0.29) is 29.6 Å². The maximum atomic E-state index is 13.1. The molecule has 1 aromatic rings. The average Bonchev–Trinajstić information content (AvgIpc) is 2.59. The highest BCUT2D eigenvalue weighted by atomic mass is 19.4. The van der Waals surface area contributed by atoms with Crippen molar-refractivity contribution in [2.75, 3.05) is 11.9 Å². The van der Waals surface area contributed by atoms with Gasteiger partial charge >= 0.3 is 6.18 Å². The van der Waals surface area contributed by atoms with Crippen molar-refractivity contribution in [2.24, 2.45) is 11.7 Å². The molecule has 5 nitrogen and oxygen atoms in total. The Balaban J connectivity index is 2.27. The Kier molecular flexibility index (Phi) is 6.86. The maximum absolute atomic E-state index is 13.1. The Hall–Kier alpha value is -2.09. The molecule has 1 aliphatic rings. The summed E-state index contributed by atoms with van der Waals surface area (Å²) in [6.07, 6.45) is -2.10. The SMILES string of the molecule is CC(C)CC(C(=O)Nc1cc(CN)cc(C(F)(F)F)c1)N1CCCCC1=O. The number of nitrogens with one attached hydrogen (secondary N) is 1. The maximum Gasteiger partial charge on any atom is 0.416 e. The van der Waals surface area contributed by atoms with Crippen LogP contribution in [0.2, 0.25) is 0 Å². The van der Waals surface area contributed by atoms with Crippen molar-refractivity contribution in [1.82, 2.24) is 4.90 Å². The van der Waals surface area contributed by atoms with Gasteiger partial charge in [0.2, 0.25) is 11.8 Å². The van der Waals surface area contributed by atoms with Crippen LogP contribution >= 0.6 is 0 Å². The predicted molar refractivity (Wildman–Crippen MR) is 96.8 cm³/mol. The minimum Gasteiger partial charge on any atom is -0.331 e. The van der Waals surface area contributed by atoms with Gasteiger partial charge in [0, 0.05) is 25.2 Å². The fourth-order valence-corrected chi connectivity index (χ4v) is 3.25. The zero-order valence-corrected chi connectivity index (χ0v) is 15.6. The van der Waals surface area contributed by atoms with E-state index in [1.54, 1.807) is 4.90 Å². The minimum atomic E-state index is -4.54. The summed E-state index contributed by atoms with van der Waals surface area (Å²) in [5.74, 6) is -0.411. The first-order valence-electron chi connectivity index (χ1n) is 9.13. The van der Waals surface area contributed by atoms with E-state index in [4.69, 9.17) is 5.73 Å². The molecule has 1 unspecified atom stereocenters. The van der Waals surface area contributed by atoms with Crippen LogP contribution in [0.5, 0.6) is 0 Å². The van der Waals surface area contributed by atoms with E-state index in [1.165, 1.54) is 6.07 Å². The molecule has 2 amide bonds. The van der Waals surface area contributed by atoms with Crippen molar-refractivity contribution in [1.29, 1.82) is 0 Å². The molecule has 0 aromatic heterocycles. The van der Waals surface area contributed by atoms with Gasteiger partial charge in [0.15, 0.2) is 0 Å². The number of anilines is 1. The van der Waals surface area contributed by atoms with Gasteiger partial charge < -0.3 is 16.0 Å². The first-order chi connectivity index (χ1) is 12.6. The monoisotopic (exact) mass is 385 g/mol. The lowest BCUT2D eigenvalue weighted by molar-refractivity contribution is -0.141. The number of carbonyl (C=O) groups excluding carboxylic acids is 2. The number of rotatable bonds is 6. The summed E-state index contributed by atoms with van der Waals surface area (Å²) >= 11 is 0. The number of carbonyl (C=O) groups is 2. The molecule has 1 saturated heterocycles. The third kappa shape index (κ3) is 5.69. The van der Waals surface area contributed by atoms with Gasteiger partial charge in [-0.05, 0) is 48.9 Å². The number of hydrogen-bond donors (Lipinski definition) is 2. The molecule has 8 heteroatoms. The van der Waals surface area contributed by atoms with Gasteiger partial charge in [-0.25, -0.2) is 0 Å². The highest BCUT2D eigenvalue weighted by molar-refractivity contribution is 5.97. The molecule has 27 heavy (non-hydrogen) atoms. The molecule has 0 spiro atoms. The minimum absolute atomic E-state index is 0.0356. The van der Waals surface area contributed by atoms with Gasteiger partial charge in [-0.3, -0.25) is 9.59 Å². The molecule has 1 heterocycles. The Morgan fingerprint density at radius 2 is 1.96 bits per heavy atom. The van der Waals surface area contributed by atoms with E-state index >= 15 is 0 Å². The highest BCUT2D eigenvalue weighted by Crippen LogP contribution is 2.32. The molecule has 2 rings (SSSR count). The average molecular weight is 385 g/mol. The number of hydrogen-bond acceptors (Lipinski definition) is 3. The van der Waals surface area contributed by atoms with Crippen LogP contribution in [-0.2, 0) is 22.3 Å². The van der Waals surface area contributed by atoms with E-state index in [2.05, 4.69) is 5.32 Å². The number of nitrogens with two attached hydrogens (primary N) is 1. The molecule has 0 aliphatic carbocycles. The molecule has 1 aliphatic heterocycles. The van der Waals surface area contributed by atoms with E-state index in [1.807, 2.05) is 13.8 Å². The number of alkyl halides is 3. The Labute approximate surface area is 157 Å². The van der Waals surface area contributed by atoms with E-state index in [0.717, 1.165) is 25.0 Å². The molecule has 3 N–H and O–H groups in total. The van der Waals surface area contributed by atoms with Crippen molar-refractivity contribution in [3.8, 4) is 0 Å². The first-order valence-corrected chi connectivity index (χ1v) is 9.13. The van der Waals surface area contributed by atoms with Crippen LogP contribution in [0, 0.1) is 5.92 Å². The zero-order chi connectivity index (χ0) is 20.2. The molecule has 1 atom stereocenters. The van der Waals surface area contributed by atoms with Crippen molar-refractivity contribution < 1.29 is 22.8 Å². The van der Waals surface area contributed by atoms with Crippen molar-refractivity contribution >= 4 is 17.5 Å². The molecule has 0 saturated carbocycles. The Bertz CT molecular complexity index is 689. The smallest absolute Gasteiger partial charge is 0.331 e. The van der Waals surface area contributed by atoms with Gasteiger partial charge in [0.1, 0.15) is 6.04 Å².